The predicted octanol–water partition coefficient (Wildman–Crippen LogP) is 3.34. The minimum atomic E-state index is -4.41. The van der Waals surface area contributed by atoms with Gasteiger partial charge in [0, 0.05) is 18.4 Å². The van der Waals surface area contributed by atoms with Gasteiger partial charge in [0.15, 0.2) is 0 Å². The van der Waals surface area contributed by atoms with Crippen LogP contribution in [0.5, 0.6) is 0 Å². The molecule has 2 aromatic rings. The summed E-state index contributed by atoms with van der Waals surface area (Å²) >= 11 is 6.24. The molecule has 1 aromatic heterocycles. The SMILES string of the molecule is NC1=NC2=C(CCN(c3ncccc3Cl)C2)C(N)N1c1ccc(C(F)(F)F)cc1. The Morgan fingerprint density at radius 2 is 1.86 bits per heavy atom. The first-order valence-electron chi connectivity index (χ1n) is 8.89. The van der Waals surface area contributed by atoms with Gasteiger partial charge in [0.05, 0.1) is 22.8 Å². The highest BCUT2D eigenvalue weighted by Gasteiger charge is 2.34. The van der Waals surface area contributed by atoms with Crippen molar-refractivity contribution >= 4 is 29.1 Å². The molecule has 4 N–H and O–H groups in total. The Bertz CT molecular complexity index is 986. The average Bonchev–Trinajstić information content (AvgIpc) is 2.67. The van der Waals surface area contributed by atoms with Crippen LogP contribution in [-0.4, -0.2) is 30.2 Å². The molecule has 2 aliphatic rings. The van der Waals surface area contributed by atoms with Crippen molar-refractivity contribution < 1.29 is 13.2 Å². The van der Waals surface area contributed by atoms with E-state index < -0.39 is 17.9 Å². The van der Waals surface area contributed by atoms with Crippen LogP contribution in [0.25, 0.3) is 0 Å². The molecule has 29 heavy (non-hydrogen) atoms. The number of benzene rings is 1. The van der Waals surface area contributed by atoms with Gasteiger partial charge in [-0.1, -0.05) is 11.6 Å². The van der Waals surface area contributed by atoms with E-state index in [1.807, 2.05) is 4.90 Å². The molecule has 1 unspecified atom stereocenters. The minimum absolute atomic E-state index is 0.130. The van der Waals surface area contributed by atoms with E-state index in [0.29, 0.717) is 36.0 Å². The number of alkyl halides is 3. The van der Waals surface area contributed by atoms with E-state index in [-0.39, 0.29) is 5.96 Å². The summed E-state index contributed by atoms with van der Waals surface area (Å²) in [5, 5.41) is 0.542. The van der Waals surface area contributed by atoms with Gasteiger partial charge in [-0.3, -0.25) is 4.90 Å². The normalized spacial score (nSPS) is 19.9. The predicted molar refractivity (Wildman–Crippen MR) is 107 cm³/mol. The summed E-state index contributed by atoms with van der Waals surface area (Å²) in [5.41, 5.74) is 13.9. The molecule has 3 heterocycles. The van der Waals surface area contributed by atoms with E-state index in [0.717, 1.165) is 23.4 Å². The highest BCUT2D eigenvalue weighted by atomic mass is 35.5. The lowest BCUT2D eigenvalue weighted by Crippen LogP contribution is -2.55. The molecule has 0 saturated carbocycles. The van der Waals surface area contributed by atoms with Crippen LogP contribution in [0.2, 0.25) is 5.02 Å². The van der Waals surface area contributed by atoms with Crippen molar-refractivity contribution in [2.75, 3.05) is 22.9 Å². The number of hydrogen-bond acceptors (Lipinski definition) is 6. The lowest BCUT2D eigenvalue weighted by atomic mass is 9.99. The second-order valence-electron chi connectivity index (χ2n) is 6.78. The number of halogens is 4. The van der Waals surface area contributed by atoms with Crippen molar-refractivity contribution in [3.05, 3.63) is 64.5 Å². The Morgan fingerprint density at radius 3 is 2.52 bits per heavy atom. The molecule has 0 spiro atoms. The molecule has 0 aliphatic carbocycles. The molecule has 152 valence electrons. The second-order valence-corrected chi connectivity index (χ2v) is 7.19. The lowest BCUT2D eigenvalue weighted by Gasteiger charge is -2.40. The van der Waals surface area contributed by atoms with Gasteiger partial charge in [-0.05, 0) is 48.4 Å². The zero-order valence-electron chi connectivity index (χ0n) is 15.2. The van der Waals surface area contributed by atoms with E-state index in [2.05, 4.69) is 9.98 Å². The third-order valence-corrected chi connectivity index (χ3v) is 5.30. The molecule has 1 atom stereocenters. The first-order valence-corrected chi connectivity index (χ1v) is 9.27. The van der Waals surface area contributed by atoms with Crippen molar-refractivity contribution in [3.63, 3.8) is 0 Å². The van der Waals surface area contributed by atoms with E-state index in [1.54, 1.807) is 23.2 Å². The van der Waals surface area contributed by atoms with Gasteiger partial charge in [0.1, 0.15) is 12.0 Å². The Kier molecular flexibility index (Phi) is 4.87. The quantitative estimate of drug-likeness (QED) is 0.775. The number of anilines is 2. The van der Waals surface area contributed by atoms with Crippen LogP contribution in [0.3, 0.4) is 0 Å². The molecule has 0 bridgehead atoms. The maximum Gasteiger partial charge on any atom is 0.416 e. The third kappa shape index (κ3) is 3.63. The number of aliphatic imine (C=N–C) groups is 1. The molecule has 2 aliphatic heterocycles. The van der Waals surface area contributed by atoms with Gasteiger partial charge in [-0.15, -0.1) is 0 Å². The second kappa shape index (κ2) is 7.23. The van der Waals surface area contributed by atoms with E-state index in [9.17, 15) is 13.2 Å². The maximum atomic E-state index is 12.8. The first-order chi connectivity index (χ1) is 13.8. The molecule has 6 nitrogen and oxygen atoms in total. The standard InChI is InChI=1S/C19H18ClF3N6/c20-14-2-1-8-26-17(14)28-9-7-13-15(10-28)27-18(25)29(16(13)24)12-5-3-11(4-6-12)19(21,22)23/h1-6,8,16H,7,9-10,24H2,(H2,25,27). The van der Waals surface area contributed by atoms with Crippen LogP contribution in [0.1, 0.15) is 12.0 Å². The van der Waals surface area contributed by atoms with E-state index in [1.165, 1.54) is 12.1 Å². The smallest absolute Gasteiger partial charge is 0.369 e. The fourth-order valence-corrected chi connectivity index (χ4v) is 3.81. The number of nitrogens with zero attached hydrogens (tertiary/aromatic N) is 4. The lowest BCUT2D eigenvalue weighted by molar-refractivity contribution is -0.137. The van der Waals surface area contributed by atoms with E-state index >= 15 is 0 Å². The fraction of sp³-hybridized carbons (Fsp3) is 0.263. The van der Waals surface area contributed by atoms with Crippen LogP contribution in [0, 0.1) is 0 Å². The Hall–Kier alpha value is -2.78. The van der Waals surface area contributed by atoms with Crippen LogP contribution >= 0.6 is 11.6 Å². The third-order valence-electron chi connectivity index (χ3n) is 5.01. The minimum Gasteiger partial charge on any atom is -0.369 e. The van der Waals surface area contributed by atoms with Crippen LogP contribution in [0.4, 0.5) is 24.7 Å². The average molecular weight is 423 g/mol. The Labute approximate surface area is 170 Å². The number of nitrogens with two attached hydrogens (primary N) is 2. The largest absolute Gasteiger partial charge is 0.416 e. The molecule has 0 saturated heterocycles. The monoisotopic (exact) mass is 422 g/mol. The van der Waals surface area contributed by atoms with Gasteiger partial charge in [-0.2, -0.15) is 13.2 Å². The summed E-state index contributed by atoms with van der Waals surface area (Å²) in [4.78, 5) is 12.3. The Morgan fingerprint density at radius 1 is 1.14 bits per heavy atom. The fourth-order valence-electron chi connectivity index (χ4n) is 3.57. The first kappa shape index (κ1) is 19.5. The summed E-state index contributed by atoms with van der Waals surface area (Å²) < 4.78 is 38.5. The van der Waals surface area contributed by atoms with Gasteiger partial charge in [0.2, 0.25) is 5.96 Å². The number of pyridine rings is 1. The summed E-state index contributed by atoms with van der Waals surface area (Å²) in [6, 6.07) is 8.23. The highest BCUT2D eigenvalue weighted by molar-refractivity contribution is 6.32. The zero-order chi connectivity index (χ0) is 20.8. The molecular weight excluding hydrogens is 405 g/mol. The van der Waals surface area contributed by atoms with Crippen molar-refractivity contribution in [3.8, 4) is 0 Å². The zero-order valence-corrected chi connectivity index (χ0v) is 16.0. The number of hydrogen-bond donors (Lipinski definition) is 2. The van der Waals surface area contributed by atoms with Gasteiger partial charge < -0.3 is 16.4 Å². The van der Waals surface area contributed by atoms with Crippen LogP contribution < -0.4 is 21.3 Å². The highest BCUT2D eigenvalue weighted by Crippen LogP contribution is 2.35. The molecular formula is C19H18ClF3N6. The summed E-state index contributed by atoms with van der Waals surface area (Å²) in [5.74, 6) is 0.790. The summed E-state index contributed by atoms with van der Waals surface area (Å²) in [6.45, 7) is 1.08. The summed E-state index contributed by atoms with van der Waals surface area (Å²) in [6.07, 6.45) is -2.74. The van der Waals surface area contributed by atoms with Gasteiger partial charge in [0.25, 0.3) is 0 Å². The topological polar surface area (TPSA) is 83.8 Å². The number of rotatable bonds is 2. The van der Waals surface area contributed by atoms with E-state index in [4.69, 9.17) is 23.1 Å². The molecule has 4 rings (SSSR count). The molecule has 0 amide bonds. The van der Waals surface area contributed by atoms with Crippen LogP contribution in [0.15, 0.2) is 58.9 Å². The van der Waals surface area contributed by atoms with Crippen molar-refractivity contribution in [2.45, 2.75) is 18.8 Å². The molecule has 1 aromatic carbocycles. The molecule has 0 radical (unpaired) electrons. The molecule has 0 fully saturated rings. The number of guanidine groups is 1. The maximum absolute atomic E-state index is 12.8. The van der Waals surface area contributed by atoms with Gasteiger partial charge in [-0.25, -0.2) is 9.98 Å². The number of aromatic nitrogens is 1. The Balaban J connectivity index is 1.60. The van der Waals surface area contributed by atoms with Crippen molar-refractivity contribution in [2.24, 2.45) is 16.5 Å². The van der Waals surface area contributed by atoms with Gasteiger partial charge >= 0.3 is 6.18 Å². The van der Waals surface area contributed by atoms with Crippen molar-refractivity contribution in [1.82, 2.24) is 4.98 Å². The molecule has 10 heteroatoms. The van der Waals surface area contributed by atoms with Crippen molar-refractivity contribution in [1.29, 1.82) is 0 Å². The van der Waals surface area contributed by atoms with Crippen LogP contribution in [-0.2, 0) is 6.18 Å². The summed E-state index contributed by atoms with van der Waals surface area (Å²) in [7, 11) is 0.